The molecule has 0 amide bonds. The van der Waals surface area contributed by atoms with Crippen LogP contribution in [0.3, 0.4) is 0 Å². The second-order valence-electron chi connectivity index (χ2n) is 9.08. The van der Waals surface area contributed by atoms with Gasteiger partial charge in [0, 0.05) is 11.4 Å². The number of hydrogen-bond donors (Lipinski definition) is 1. The predicted molar refractivity (Wildman–Crippen MR) is 122 cm³/mol. The maximum atomic E-state index is 14.0. The highest BCUT2D eigenvalue weighted by atomic mass is 35.5. The van der Waals surface area contributed by atoms with E-state index >= 15 is 0 Å². The summed E-state index contributed by atoms with van der Waals surface area (Å²) in [4.78, 5) is 12.5. The van der Waals surface area contributed by atoms with E-state index in [1.54, 1.807) is 0 Å². The summed E-state index contributed by atoms with van der Waals surface area (Å²) in [5.41, 5.74) is 1.33. The first-order valence-electron chi connectivity index (χ1n) is 10.2. The minimum Gasteiger partial charge on any atom is -0.386 e. The van der Waals surface area contributed by atoms with Gasteiger partial charge in [-0.15, -0.1) is 0 Å². The van der Waals surface area contributed by atoms with Crippen molar-refractivity contribution in [2.24, 2.45) is 0 Å². The van der Waals surface area contributed by atoms with Crippen LogP contribution in [0.5, 0.6) is 0 Å². The molecule has 4 nitrogen and oxygen atoms in total. The van der Waals surface area contributed by atoms with E-state index in [4.69, 9.17) is 11.6 Å². The topological polar surface area (TPSA) is 71.4 Å². The maximum Gasteiger partial charge on any atom is 0.185 e. The van der Waals surface area contributed by atoms with Crippen molar-refractivity contribution in [3.05, 3.63) is 63.4 Å². The van der Waals surface area contributed by atoms with E-state index in [0.29, 0.717) is 5.02 Å². The molecule has 0 aliphatic rings. The molecule has 0 aromatic heterocycles. The molecule has 0 unspecified atom stereocenters. The van der Waals surface area contributed by atoms with Crippen LogP contribution in [-0.4, -0.2) is 25.1 Å². The zero-order valence-electron chi connectivity index (χ0n) is 18.8. The zero-order valence-corrected chi connectivity index (χ0v) is 20.4. The van der Waals surface area contributed by atoms with Gasteiger partial charge in [0.15, 0.2) is 15.6 Å². The summed E-state index contributed by atoms with van der Waals surface area (Å²) in [6, 6.07) is 6.81. The number of ketones is 1. The summed E-state index contributed by atoms with van der Waals surface area (Å²) in [6.45, 7) is 10.8. The molecule has 1 N–H and O–H groups in total. The molecule has 0 aliphatic carbocycles. The number of benzene rings is 2. The lowest BCUT2D eigenvalue weighted by atomic mass is 9.86. The Bertz CT molecular complexity index is 1050. The van der Waals surface area contributed by atoms with Crippen molar-refractivity contribution >= 4 is 27.2 Å². The van der Waals surface area contributed by atoms with E-state index < -0.39 is 32.8 Å². The normalized spacial score (nSPS) is 12.6. The molecule has 0 aliphatic heterocycles. The van der Waals surface area contributed by atoms with Gasteiger partial charge in [0.25, 0.3) is 0 Å². The highest BCUT2D eigenvalue weighted by molar-refractivity contribution is 7.92. The fraction of sp³-hybridized carbons (Fsp3) is 0.458. The molecule has 0 spiro atoms. The van der Waals surface area contributed by atoms with Gasteiger partial charge < -0.3 is 5.11 Å². The van der Waals surface area contributed by atoms with Gasteiger partial charge in [0.1, 0.15) is 11.6 Å². The number of Topliss-reactive ketones (excluding diaryl/α,β-unsaturated/α-hetero) is 1. The Balaban J connectivity index is 2.40. The van der Waals surface area contributed by atoms with E-state index in [2.05, 4.69) is 0 Å². The number of halogens is 2. The largest absolute Gasteiger partial charge is 0.386 e. The molecule has 0 saturated carbocycles. The molecule has 0 heterocycles. The van der Waals surface area contributed by atoms with E-state index in [1.165, 1.54) is 19.9 Å². The lowest BCUT2D eigenvalue weighted by Gasteiger charge is -2.20. The van der Waals surface area contributed by atoms with Gasteiger partial charge in [0.2, 0.25) is 0 Å². The van der Waals surface area contributed by atoms with Crippen LogP contribution in [0.1, 0.15) is 75.6 Å². The second kappa shape index (κ2) is 9.39. The molecule has 31 heavy (non-hydrogen) atoms. The van der Waals surface area contributed by atoms with Crippen LogP contribution in [0.25, 0.3) is 0 Å². The predicted octanol–water partition coefficient (Wildman–Crippen LogP) is 5.54. The van der Waals surface area contributed by atoms with Crippen molar-refractivity contribution < 1.29 is 22.7 Å². The number of rotatable bonds is 8. The average molecular weight is 469 g/mol. The molecule has 2 aromatic rings. The van der Waals surface area contributed by atoms with Crippen LogP contribution in [0.4, 0.5) is 4.39 Å². The Labute approximate surface area is 189 Å². The average Bonchev–Trinajstić information content (AvgIpc) is 2.60. The Morgan fingerprint density at radius 2 is 1.55 bits per heavy atom. The molecule has 2 rings (SSSR count). The quantitative estimate of drug-likeness (QED) is 0.552. The molecule has 7 heteroatoms. The fourth-order valence-electron chi connectivity index (χ4n) is 3.55. The van der Waals surface area contributed by atoms with Gasteiger partial charge >= 0.3 is 0 Å². The van der Waals surface area contributed by atoms with Gasteiger partial charge in [-0.25, -0.2) is 12.8 Å². The maximum absolute atomic E-state index is 14.0. The van der Waals surface area contributed by atoms with Crippen LogP contribution in [0.2, 0.25) is 5.02 Å². The van der Waals surface area contributed by atoms with Crippen LogP contribution in [0.15, 0.2) is 35.2 Å². The summed E-state index contributed by atoms with van der Waals surface area (Å²) in [5.74, 6) is -1.81. The molecule has 0 atom stereocenters. The first-order valence-corrected chi connectivity index (χ1v) is 12.2. The van der Waals surface area contributed by atoms with Crippen LogP contribution < -0.4 is 0 Å². The van der Waals surface area contributed by atoms with Crippen molar-refractivity contribution in [1.82, 2.24) is 0 Å². The minimum absolute atomic E-state index is 0.0505. The van der Waals surface area contributed by atoms with E-state index in [-0.39, 0.29) is 28.7 Å². The van der Waals surface area contributed by atoms with Crippen LogP contribution in [0, 0.1) is 5.82 Å². The molecule has 0 saturated heterocycles. The Morgan fingerprint density at radius 1 is 1.03 bits per heavy atom. The fourth-order valence-corrected chi connectivity index (χ4v) is 5.08. The number of aliphatic hydroxyl groups is 1. The number of sulfone groups is 1. The SMILES string of the molecule is CC(C)c1cc(Cl)cc(C(C)C)c1CC(=O)CS(=O)(=O)c1cc(F)cc(C(C)(C)O)c1. The van der Waals surface area contributed by atoms with Gasteiger partial charge in [0.05, 0.1) is 10.5 Å². The van der Waals surface area contributed by atoms with E-state index in [9.17, 15) is 22.7 Å². The summed E-state index contributed by atoms with van der Waals surface area (Å²) in [6.07, 6.45) is -0.0505. The third kappa shape index (κ3) is 6.37. The van der Waals surface area contributed by atoms with Crippen molar-refractivity contribution in [1.29, 1.82) is 0 Å². The van der Waals surface area contributed by atoms with Crippen LogP contribution in [-0.2, 0) is 26.7 Å². The van der Waals surface area contributed by atoms with Crippen molar-refractivity contribution in [2.75, 3.05) is 5.75 Å². The molecular weight excluding hydrogens is 439 g/mol. The molecule has 170 valence electrons. The summed E-state index contributed by atoms with van der Waals surface area (Å²) < 4.78 is 39.8. The third-order valence-corrected chi connectivity index (χ3v) is 7.06. The first kappa shape index (κ1) is 25.5. The van der Waals surface area contributed by atoms with Crippen molar-refractivity contribution in [3.8, 4) is 0 Å². The van der Waals surface area contributed by atoms with Crippen LogP contribution >= 0.6 is 11.6 Å². The monoisotopic (exact) mass is 468 g/mol. The Hall–Kier alpha value is -1.76. The molecular formula is C24H30ClFO4S. The zero-order chi connectivity index (χ0) is 23.7. The smallest absolute Gasteiger partial charge is 0.185 e. The van der Waals surface area contributed by atoms with Gasteiger partial charge in [-0.2, -0.15) is 0 Å². The van der Waals surface area contributed by atoms with Gasteiger partial charge in [-0.05, 0) is 78.3 Å². The summed E-state index contributed by atoms with van der Waals surface area (Å²) >= 11 is 6.26. The highest BCUT2D eigenvalue weighted by Gasteiger charge is 2.26. The first-order chi connectivity index (χ1) is 14.1. The molecule has 0 fully saturated rings. The third-order valence-electron chi connectivity index (χ3n) is 5.19. The van der Waals surface area contributed by atoms with Crippen molar-refractivity contribution in [3.63, 3.8) is 0 Å². The lowest BCUT2D eigenvalue weighted by Crippen LogP contribution is -2.21. The highest BCUT2D eigenvalue weighted by Crippen LogP contribution is 2.32. The number of carbonyl (C=O) groups is 1. The molecule has 0 bridgehead atoms. The number of carbonyl (C=O) groups excluding carboxylic acids is 1. The Morgan fingerprint density at radius 3 is 2.00 bits per heavy atom. The van der Waals surface area contributed by atoms with Gasteiger partial charge in [-0.1, -0.05) is 39.3 Å². The Kier molecular flexibility index (Phi) is 7.72. The van der Waals surface area contributed by atoms with Crippen molar-refractivity contribution in [2.45, 2.75) is 70.3 Å². The van der Waals surface area contributed by atoms with E-state index in [1.807, 2.05) is 39.8 Å². The number of hydrogen-bond acceptors (Lipinski definition) is 4. The standard InChI is InChI=1S/C24H30ClFO4S/c1-14(2)21-9-17(25)10-22(15(3)4)23(21)12-19(27)13-31(29,30)20-8-16(24(5,6)28)7-18(26)11-20/h7-11,14-15,28H,12-13H2,1-6H3. The minimum atomic E-state index is -4.09. The molecule has 2 aromatic carbocycles. The van der Waals surface area contributed by atoms with Gasteiger partial charge in [-0.3, -0.25) is 4.79 Å². The molecule has 0 radical (unpaired) electrons. The van der Waals surface area contributed by atoms with E-state index in [0.717, 1.165) is 28.8 Å². The second-order valence-corrected chi connectivity index (χ2v) is 11.5. The summed E-state index contributed by atoms with van der Waals surface area (Å²) in [7, 11) is -4.09. The lowest BCUT2D eigenvalue weighted by molar-refractivity contribution is -0.116. The summed E-state index contributed by atoms with van der Waals surface area (Å²) in [5, 5.41) is 10.7.